The van der Waals surface area contributed by atoms with Crippen molar-refractivity contribution in [2.24, 2.45) is 0 Å². The lowest BCUT2D eigenvalue weighted by Gasteiger charge is -2.23. The van der Waals surface area contributed by atoms with Crippen molar-refractivity contribution in [3.05, 3.63) is 24.0 Å². The lowest BCUT2D eigenvalue weighted by Crippen LogP contribution is -2.44. The Kier molecular flexibility index (Phi) is 5.04. The first-order chi connectivity index (χ1) is 11.5. The molecule has 24 heavy (non-hydrogen) atoms. The number of H-pyrrole nitrogens is 1. The lowest BCUT2D eigenvalue weighted by molar-refractivity contribution is 0.148. The van der Waals surface area contributed by atoms with Gasteiger partial charge in [-0.1, -0.05) is 0 Å². The highest BCUT2D eigenvalue weighted by molar-refractivity contribution is 7.87. The molecule has 0 amide bonds. The Bertz CT molecular complexity index is 805. The van der Waals surface area contributed by atoms with Crippen LogP contribution in [0.2, 0.25) is 0 Å². The number of fused-ring (bicyclic) bond motifs is 1. The summed E-state index contributed by atoms with van der Waals surface area (Å²) in [6.07, 6.45) is 1.67. The number of hydrogen-bond donors (Lipinski definition) is 2. The van der Waals surface area contributed by atoms with Gasteiger partial charge in [-0.3, -0.25) is 0 Å². The van der Waals surface area contributed by atoms with Gasteiger partial charge in [-0.05, 0) is 25.0 Å². The van der Waals surface area contributed by atoms with Gasteiger partial charge in [0.05, 0.1) is 31.3 Å². The largest absolute Gasteiger partial charge is 0.497 e. The van der Waals surface area contributed by atoms with Crippen molar-refractivity contribution >= 4 is 21.2 Å². The van der Waals surface area contributed by atoms with Crippen molar-refractivity contribution in [1.29, 1.82) is 0 Å². The molecule has 132 valence electrons. The van der Waals surface area contributed by atoms with Crippen LogP contribution in [0, 0.1) is 0 Å². The maximum atomic E-state index is 12.5. The smallest absolute Gasteiger partial charge is 0.280 e. The SMILES string of the molecule is COC[C@H]1CCCN1S(=O)(=O)NCc1nc2ccc(OC)cc2[nH]1. The Morgan fingerprint density at radius 1 is 1.42 bits per heavy atom. The zero-order valence-electron chi connectivity index (χ0n) is 13.8. The summed E-state index contributed by atoms with van der Waals surface area (Å²) in [6.45, 7) is 1.03. The lowest BCUT2D eigenvalue weighted by atomic mass is 10.2. The van der Waals surface area contributed by atoms with Crippen molar-refractivity contribution < 1.29 is 17.9 Å². The van der Waals surface area contributed by atoms with Crippen molar-refractivity contribution in [2.75, 3.05) is 27.4 Å². The van der Waals surface area contributed by atoms with Gasteiger partial charge in [-0.15, -0.1) is 0 Å². The first kappa shape index (κ1) is 17.2. The van der Waals surface area contributed by atoms with Gasteiger partial charge >= 0.3 is 0 Å². The fraction of sp³-hybridized carbons (Fsp3) is 0.533. The van der Waals surface area contributed by atoms with Crippen molar-refractivity contribution in [3.63, 3.8) is 0 Å². The Labute approximate surface area is 141 Å². The van der Waals surface area contributed by atoms with E-state index in [9.17, 15) is 8.42 Å². The Balaban J connectivity index is 1.70. The number of rotatable bonds is 7. The maximum absolute atomic E-state index is 12.5. The molecule has 0 unspecified atom stereocenters. The third kappa shape index (κ3) is 3.54. The van der Waals surface area contributed by atoms with Crippen LogP contribution < -0.4 is 9.46 Å². The first-order valence-corrected chi connectivity index (χ1v) is 9.25. The molecule has 1 aliphatic heterocycles. The quantitative estimate of drug-likeness (QED) is 0.774. The van der Waals surface area contributed by atoms with Gasteiger partial charge in [-0.2, -0.15) is 17.4 Å². The van der Waals surface area contributed by atoms with Gasteiger partial charge in [0.25, 0.3) is 10.2 Å². The topological polar surface area (TPSA) is 96.6 Å². The number of hydrogen-bond acceptors (Lipinski definition) is 5. The Morgan fingerprint density at radius 3 is 3.00 bits per heavy atom. The number of nitrogens with one attached hydrogen (secondary N) is 2. The van der Waals surface area contributed by atoms with E-state index in [0.29, 0.717) is 19.0 Å². The summed E-state index contributed by atoms with van der Waals surface area (Å²) in [6, 6.07) is 5.37. The van der Waals surface area contributed by atoms with Gasteiger partial charge in [0.2, 0.25) is 0 Å². The summed E-state index contributed by atoms with van der Waals surface area (Å²) in [4.78, 5) is 7.50. The molecule has 2 aromatic rings. The Morgan fingerprint density at radius 2 is 2.25 bits per heavy atom. The second-order valence-corrected chi connectivity index (χ2v) is 7.46. The van der Waals surface area contributed by atoms with E-state index in [1.54, 1.807) is 14.2 Å². The molecule has 0 bridgehead atoms. The van der Waals surface area contributed by atoms with Gasteiger partial charge < -0.3 is 14.5 Å². The predicted molar refractivity (Wildman–Crippen MR) is 90.0 cm³/mol. The number of benzene rings is 1. The number of imidazole rings is 1. The summed E-state index contributed by atoms with van der Waals surface area (Å²) < 4.78 is 39.4. The number of nitrogens with zero attached hydrogens (tertiary/aromatic N) is 2. The van der Waals surface area contributed by atoms with E-state index < -0.39 is 10.2 Å². The molecular formula is C15H22N4O4S. The normalized spacial score (nSPS) is 19.2. The van der Waals surface area contributed by atoms with Crippen LogP contribution in [-0.4, -0.2) is 56.1 Å². The molecule has 9 heteroatoms. The average molecular weight is 354 g/mol. The van der Waals surface area contributed by atoms with Crippen LogP contribution in [0.3, 0.4) is 0 Å². The molecule has 0 aliphatic carbocycles. The van der Waals surface area contributed by atoms with Crippen LogP contribution in [0.5, 0.6) is 5.75 Å². The molecule has 1 fully saturated rings. The molecule has 1 atom stereocenters. The minimum atomic E-state index is -3.56. The zero-order chi connectivity index (χ0) is 17.2. The predicted octanol–water partition coefficient (Wildman–Crippen LogP) is 1.02. The highest BCUT2D eigenvalue weighted by atomic mass is 32.2. The molecule has 1 aromatic carbocycles. The third-order valence-electron chi connectivity index (χ3n) is 4.15. The summed E-state index contributed by atoms with van der Waals surface area (Å²) in [7, 11) is -0.382. The highest BCUT2D eigenvalue weighted by Gasteiger charge is 2.33. The molecule has 2 heterocycles. The summed E-state index contributed by atoms with van der Waals surface area (Å²) in [5, 5.41) is 0. The molecule has 8 nitrogen and oxygen atoms in total. The van der Waals surface area contributed by atoms with Gasteiger partial charge in [-0.25, -0.2) is 4.98 Å². The Hall–Kier alpha value is -1.68. The van der Waals surface area contributed by atoms with E-state index in [2.05, 4.69) is 14.7 Å². The zero-order valence-corrected chi connectivity index (χ0v) is 14.6. The van der Waals surface area contributed by atoms with E-state index in [0.717, 1.165) is 29.6 Å². The number of ether oxygens (including phenoxy) is 2. The average Bonchev–Trinajstić information content (AvgIpc) is 3.19. The summed E-state index contributed by atoms with van der Waals surface area (Å²) in [5.41, 5.74) is 1.57. The second kappa shape index (κ2) is 7.06. The van der Waals surface area contributed by atoms with E-state index in [1.165, 1.54) is 4.31 Å². The second-order valence-electron chi connectivity index (χ2n) is 5.75. The summed E-state index contributed by atoms with van der Waals surface area (Å²) >= 11 is 0. The minimum absolute atomic E-state index is 0.104. The van der Waals surface area contributed by atoms with E-state index in [-0.39, 0.29) is 12.6 Å². The van der Waals surface area contributed by atoms with Gasteiger partial charge in [0.15, 0.2) is 0 Å². The van der Waals surface area contributed by atoms with Crippen LogP contribution in [-0.2, 0) is 21.5 Å². The highest BCUT2D eigenvalue weighted by Crippen LogP contribution is 2.21. The first-order valence-electron chi connectivity index (χ1n) is 7.81. The molecule has 1 aromatic heterocycles. The molecule has 1 saturated heterocycles. The van der Waals surface area contributed by atoms with E-state index in [1.807, 2.05) is 18.2 Å². The molecule has 1 aliphatic rings. The fourth-order valence-electron chi connectivity index (χ4n) is 2.98. The van der Waals surface area contributed by atoms with Crippen LogP contribution in [0.4, 0.5) is 0 Å². The fourth-order valence-corrected chi connectivity index (χ4v) is 4.39. The molecular weight excluding hydrogens is 332 g/mol. The monoisotopic (exact) mass is 354 g/mol. The van der Waals surface area contributed by atoms with Crippen LogP contribution in [0.15, 0.2) is 18.2 Å². The standard InChI is InChI=1S/C15H22N4O4S/c1-22-10-11-4-3-7-19(11)24(20,21)16-9-15-17-13-6-5-12(23-2)8-14(13)18-15/h5-6,8,11,16H,3-4,7,9-10H2,1-2H3,(H,17,18)/t11-/m1/s1. The number of methoxy groups -OCH3 is 2. The van der Waals surface area contributed by atoms with Gasteiger partial charge in [0, 0.05) is 25.8 Å². The maximum Gasteiger partial charge on any atom is 0.280 e. The molecule has 0 saturated carbocycles. The van der Waals surface area contributed by atoms with Crippen LogP contribution >= 0.6 is 0 Å². The molecule has 3 rings (SSSR count). The van der Waals surface area contributed by atoms with Crippen molar-refractivity contribution in [3.8, 4) is 5.75 Å². The third-order valence-corrected chi connectivity index (χ3v) is 5.76. The van der Waals surface area contributed by atoms with Crippen LogP contribution in [0.25, 0.3) is 11.0 Å². The number of aromatic nitrogens is 2. The molecule has 2 N–H and O–H groups in total. The molecule has 0 spiro atoms. The van der Waals surface area contributed by atoms with Crippen LogP contribution in [0.1, 0.15) is 18.7 Å². The number of aromatic amines is 1. The van der Waals surface area contributed by atoms with Crippen molar-refractivity contribution in [1.82, 2.24) is 19.0 Å². The van der Waals surface area contributed by atoms with E-state index in [4.69, 9.17) is 9.47 Å². The van der Waals surface area contributed by atoms with E-state index >= 15 is 0 Å². The van der Waals surface area contributed by atoms with Crippen molar-refractivity contribution in [2.45, 2.75) is 25.4 Å². The summed E-state index contributed by atoms with van der Waals surface area (Å²) in [5.74, 6) is 1.28. The molecule has 0 radical (unpaired) electrons. The minimum Gasteiger partial charge on any atom is -0.497 e. The van der Waals surface area contributed by atoms with Gasteiger partial charge in [0.1, 0.15) is 11.6 Å².